The molecule has 1 fully saturated rings. The maximum Gasteiger partial charge on any atom is 0.338 e. The lowest BCUT2D eigenvalue weighted by molar-refractivity contribution is -0.139. The number of carbonyl (C=O) groups excluding carboxylic acids is 1. The van der Waals surface area contributed by atoms with Crippen molar-refractivity contribution in [2.75, 3.05) is 30.9 Å². The second kappa shape index (κ2) is 10.5. The molecule has 7 nitrogen and oxygen atoms in total. The van der Waals surface area contributed by atoms with Crippen LogP contribution >= 0.6 is 23.1 Å². The molecule has 0 saturated carbocycles. The van der Waals surface area contributed by atoms with E-state index in [2.05, 4.69) is 9.89 Å². The van der Waals surface area contributed by atoms with Crippen LogP contribution in [0.4, 0.5) is 5.88 Å². The van der Waals surface area contributed by atoms with Crippen LogP contribution in [0.3, 0.4) is 0 Å². The minimum Gasteiger partial charge on any atom is -0.463 e. The largest absolute Gasteiger partial charge is 0.463 e. The third-order valence-corrected chi connectivity index (χ3v) is 8.23. The van der Waals surface area contributed by atoms with E-state index >= 15 is 0 Å². The van der Waals surface area contributed by atoms with Crippen molar-refractivity contribution in [3.05, 3.63) is 78.7 Å². The number of nitrogens with zero attached hydrogens (tertiary/aromatic N) is 3. The van der Waals surface area contributed by atoms with Crippen LogP contribution in [-0.4, -0.2) is 36.5 Å². The first-order chi connectivity index (χ1) is 17.5. The van der Waals surface area contributed by atoms with E-state index in [1.54, 1.807) is 36.3 Å². The highest BCUT2D eigenvalue weighted by Gasteiger charge is 2.33. The van der Waals surface area contributed by atoms with Crippen molar-refractivity contribution in [1.82, 2.24) is 4.57 Å². The highest BCUT2D eigenvalue weighted by Crippen LogP contribution is 2.31. The molecular formula is C27H29N3O4S2. The molecule has 0 spiro atoms. The van der Waals surface area contributed by atoms with Crippen LogP contribution in [0, 0.1) is 0 Å². The summed E-state index contributed by atoms with van der Waals surface area (Å²) in [6.45, 7) is 5.79. The van der Waals surface area contributed by atoms with Gasteiger partial charge in [-0.25, -0.2) is 9.79 Å². The molecule has 3 aromatic rings. The van der Waals surface area contributed by atoms with Crippen molar-refractivity contribution in [3.63, 3.8) is 0 Å². The lowest BCUT2D eigenvalue weighted by Crippen LogP contribution is -2.39. The fraction of sp³-hybridized carbons (Fsp3) is 0.370. The fourth-order valence-corrected chi connectivity index (χ4v) is 6.16. The van der Waals surface area contributed by atoms with Gasteiger partial charge in [-0.3, -0.25) is 9.36 Å². The Kier molecular flexibility index (Phi) is 7.20. The number of furan rings is 1. The van der Waals surface area contributed by atoms with Gasteiger partial charge in [0.1, 0.15) is 5.76 Å². The molecule has 2 aliphatic rings. The van der Waals surface area contributed by atoms with Gasteiger partial charge in [-0.2, -0.15) is 0 Å². The molecule has 9 heteroatoms. The molecule has 36 heavy (non-hydrogen) atoms. The zero-order chi connectivity index (χ0) is 25.2. The number of benzene rings is 1. The van der Waals surface area contributed by atoms with E-state index in [1.807, 2.05) is 42.7 Å². The third kappa shape index (κ3) is 4.69. The average Bonchev–Trinajstić information content (AvgIpc) is 3.48. The number of ether oxygens (including phenoxy) is 1. The number of aromatic nitrogens is 1. The van der Waals surface area contributed by atoms with E-state index in [9.17, 15) is 9.59 Å². The Hall–Kier alpha value is -3.04. The summed E-state index contributed by atoms with van der Waals surface area (Å²) in [5.74, 6) is 1.01. The first-order valence-electron chi connectivity index (χ1n) is 12.2. The van der Waals surface area contributed by atoms with Gasteiger partial charge in [0.2, 0.25) is 0 Å². The summed E-state index contributed by atoms with van der Waals surface area (Å²) in [6.07, 6.45) is 7.36. The minimum absolute atomic E-state index is 0.206. The number of allylic oxidation sites excluding steroid dienone is 1. The van der Waals surface area contributed by atoms with E-state index in [-0.39, 0.29) is 12.2 Å². The van der Waals surface area contributed by atoms with Crippen LogP contribution in [-0.2, 0) is 9.53 Å². The number of esters is 1. The first kappa shape index (κ1) is 24.6. The lowest BCUT2D eigenvalue weighted by Gasteiger charge is -2.25. The first-order valence-corrected chi connectivity index (χ1v) is 14.2. The Morgan fingerprint density at radius 2 is 1.94 bits per heavy atom. The molecule has 0 amide bonds. The van der Waals surface area contributed by atoms with Crippen LogP contribution in [0.25, 0.3) is 6.08 Å². The van der Waals surface area contributed by atoms with E-state index in [4.69, 9.17) is 9.15 Å². The molecule has 5 rings (SSSR count). The Bertz CT molecular complexity index is 1470. The number of thioether (sulfide) groups is 1. The number of rotatable bonds is 6. The Morgan fingerprint density at radius 1 is 1.19 bits per heavy atom. The monoisotopic (exact) mass is 523 g/mol. The quantitative estimate of drug-likeness (QED) is 0.358. The molecule has 0 N–H and O–H groups in total. The summed E-state index contributed by atoms with van der Waals surface area (Å²) < 4.78 is 13.6. The smallest absolute Gasteiger partial charge is 0.338 e. The summed E-state index contributed by atoms with van der Waals surface area (Å²) in [5, 5.41) is 0. The van der Waals surface area contributed by atoms with Crippen LogP contribution in [0.2, 0.25) is 0 Å². The maximum absolute atomic E-state index is 13.7. The van der Waals surface area contributed by atoms with E-state index in [1.165, 1.54) is 17.8 Å². The Labute approximate surface area is 217 Å². The number of carbonyl (C=O) groups is 1. The fourth-order valence-electron chi connectivity index (χ4n) is 4.73. The molecule has 188 valence electrons. The van der Waals surface area contributed by atoms with Gasteiger partial charge >= 0.3 is 5.97 Å². The third-order valence-electron chi connectivity index (χ3n) is 6.50. The predicted molar refractivity (Wildman–Crippen MR) is 143 cm³/mol. The maximum atomic E-state index is 13.7. The molecule has 1 aromatic carbocycles. The highest BCUT2D eigenvalue weighted by atomic mass is 32.2. The van der Waals surface area contributed by atoms with Crippen LogP contribution < -0.4 is 19.8 Å². The van der Waals surface area contributed by atoms with Gasteiger partial charge in [0.15, 0.2) is 10.7 Å². The van der Waals surface area contributed by atoms with Crippen molar-refractivity contribution >= 4 is 41.0 Å². The molecule has 0 aliphatic carbocycles. The van der Waals surface area contributed by atoms with Crippen LogP contribution in [0.5, 0.6) is 0 Å². The van der Waals surface area contributed by atoms with Gasteiger partial charge in [-0.05, 0) is 63.1 Å². The van der Waals surface area contributed by atoms with Crippen LogP contribution in [0.15, 0.2) is 66.8 Å². The number of thiazole rings is 1. The van der Waals surface area contributed by atoms with Gasteiger partial charge in [0.05, 0.1) is 28.5 Å². The molecule has 4 heterocycles. The standard InChI is InChI=1S/C27H29N3O4S2/c1-4-33-26(32)23-17(2)28-27-30(24(23)18-8-11-20(35-3)12-9-18)25(31)21(36-27)16-19-10-13-22(34-19)29-14-6-5-7-15-29/h8-13,16,24H,4-7,14-15H2,1-3H3/b21-16+. The second-order valence-electron chi connectivity index (χ2n) is 8.80. The summed E-state index contributed by atoms with van der Waals surface area (Å²) in [6, 6.07) is 11.2. The predicted octanol–water partition coefficient (Wildman–Crippen LogP) is 4.10. The van der Waals surface area contributed by atoms with Gasteiger partial charge in [-0.15, -0.1) is 11.8 Å². The number of hydrogen-bond acceptors (Lipinski definition) is 8. The second-order valence-corrected chi connectivity index (χ2v) is 10.7. The van der Waals surface area contributed by atoms with E-state index in [0.29, 0.717) is 26.4 Å². The van der Waals surface area contributed by atoms with Crippen molar-refractivity contribution in [2.45, 2.75) is 44.0 Å². The van der Waals surface area contributed by atoms with Crippen LogP contribution in [0.1, 0.15) is 50.5 Å². The summed E-state index contributed by atoms with van der Waals surface area (Å²) in [7, 11) is 0. The van der Waals surface area contributed by atoms with Gasteiger partial charge in [0.25, 0.3) is 5.56 Å². The summed E-state index contributed by atoms with van der Waals surface area (Å²) >= 11 is 2.94. The van der Waals surface area contributed by atoms with Crippen molar-refractivity contribution in [2.24, 2.45) is 4.99 Å². The molecule has 1 atom stereocenters. The van der Waals surface area contributed by atoms with Gasteiger partial charge in [-0.1, -0.05) is 23.5 Å². The lowest BCUT2D eigenvalue weighted by atomic mass is 9.96. The Morgan fingerprint density at radius 3 is 2.64 bits per heavy atom. The minimum atomic E-state index is -0.612. The van der Waals surface area contributed by atoms with Gasteiger partial charge in [0, 0.05) is 30.1 Å². The van der Waals surface area contributed by atoms with Crippen molar-refractivity contribution < 1.29 is 13.9 Å². The van der Waals surface area contributed by atoms with E-state index in [0.717, 1.165) is 42.3 Å². The SMILES string of the molecule is CCOC(=O)C1=C(C)N=c2s/c(=C/c3ccc(N4CCCCC4)o3)c(=O)n2C1c1ccc(SC)cc1. The number of piperidine rings is 1. The summed E-state index contributed by atoms with van der Waals surface area (Å²) in [5.41, 5.74) is 1.58. The zero-order valence-corrected chi connectivity index (χ0v) is 22.3. The molecule has 0 bridgehead atoms. The molecule has 1 unspecified atom stereocenters. The number of hydrogen-bond donors (Lipinski definition) is 0. The zero-order valence-electron chi connectivity index (χ0n) is 20.7. The molecule has 0 radical (unpaired) electrons. The molecular weight excluding hydrogens is 494 g/mol. The topological polar surface area (TPSA) is 77.0 Å². The van der Waals surface area contributed by atoms with Gasteiger partial charge < -0.3 is 14.1 Å². The molecule has 2 aliphatic heterocycles. The summed E-state index contributed by atoms with van der Waals surface area (Å²) in [4.78, 5) is 35.3. The Balaban J connectivity index is 1.60. The molecule has 1 saturated heterocycles. The normalized spacial score (nSPS) is 18.2. The molecule has 2 aromatic heterocycles. The van der Waals surface area contributed by atoms with Crippen molar-refractivity contribution in [1.29, 1.82) is 0 Å². The van der Waals surface area contributed by atoms with Crippen molar-refractivity contribution in [3.8, 4) is 0 Å². The number of fused-ring (bicyclic) bond motifs is 1. The van der Waals surface area contributed by atoms with E-state index < -0.39 is 12.0 Å². The average molecular weight is 524 g/mol. The number of anilines is 1. The highest BCUT2D eigenvalue weighted by molar-refractivity contribution is 7.98.